The molecule has 1 amide bonds. The van der Waals surface area contributed by atoms with Crippen molar-refractivity contribution in [3.8, 4) is 0 Å². The number of carbonyl (C=O) groups is 1. The minimum Gasteiger partial charge on any atom is -0.342 e. The van der Waals surface area contributed by atoms with Gasteiger partial charge in [-0.2, -0.15) is 4.31 Å². The van der Waals surface area contributed by atoms with E-state index in [-0.39, 0.29) is 29.8 Å². The van der Waals surface area contributed by atoms with Gasteiger partial charge in [-0.1, -0.05) is 24.3 Å². The van der Waals surface area contributed by atoms with Crippen LogP contribution in [0.15, 0.2) is 53.4 Å². The number of aromatic nitrogens is 2. The van der Waals surface area contributed by atoms with Gasteiger partial charge in [0, 0.05) is 38.0 Å². The average molecular weight is 471 g/mol. The van der Waals surface area contributed by atoms with Gasteiger partial charge in [-0.25, -0.2) is 17.8 Å². The van der Waals surface area contributed by atoms with Crippen molar-refractivity contribution in [2.24, 2.45) is 5.92 Å². The van der Waals surface area contributed by atoms with Crippen LogP contribution in [-0.2, 0) is 14.8 Å². The van der Waals surface area contributed by atoms with Gasteiger partial charge in [0.1, 0.15) is 16.5 Å². The van der Waals surface area contributed by atoms with Crippen LogP contribution in [0.25, 0.3) is 11.0 Å². The SMILES string of the molecule is O=C(C1CCN(S(=O)(=O)c2ccccc2F)CC1)N1CCC(c2nc3ccccc3[nH]2)CC1. The first kappa shape index (κ1) is 22.0. The van der Waals surface area contributed by atoms with E-state index in [1.54, 1.807) is 0 Å². The molecular formula is C24H27FN4O3S. The summed E-state index contributed by atoms with van der Waals surface area (Å²) >= 11 is 0. The number of hydrogen-bond acceptors (Lipinski definition) is 4. The Morgan fingerprint density at radius 3 is 2.30 bits per heavy atom. The third-order valence-corrected chi connectivity index (χ3v) is 8.79. The zero-order chi connectivity index (χ0) is 23.0. The highest BCUT2D eigenvalue weighted by molar-refractivity contribution is 7.89. The van der Waals surface area contributed by atoms with Crippen LogP contribution in [0.5, 0.6) is 0 Å². The fourth-order valence-corrected chi connectivity index (χ4v) is 6.47. The van der Waals surface area contributed by atoms with Crippen LogP contribution < -0.4 is 0 Å². The summed E-state index contributed by atoms with van der Waals surface area (Å²) in [4.78, 5) is 22.8. The summed E-state index contributed by atoms with van der Waals surface area (Å²) in [6, 6.07) is 13.4. The lowest BCUT2D eigenvalue weighted by Gasteiger charge is -2.36. The summed E-state index contributed by atoms with van der Waals surface area (Å²) < 4.78 is 40.9. The Hall–Kier alpha value is -2.78. The molecule has 0 spiro atoms. The minimum atomic E-state index is -3.89. The lowest BCUT2D eigenvalue weighted by atomic mass is 9.92. The van der Waals surface area contributed by atoms with Crippen molar-refractivity contribution in [3.63, 3.8) is 0 Å². The van der Waals surface area contributed by atoms with Gasteiger partial charge in [0.15, 0.2) is 0 Å². The van der Waals surface area contributed by atoms with Gasteiger partial charge in [0.25, 0.3) is 0 Å². The van der Waals surface area contributed by atoms with E-state index in [1.165, 1.54) is 22.5 Å². The molecule has 2 aliphatic heterocycles. The number of para-hydroxylation sites is 2. The van der Waals surface area contributed by atoms with Crippen LogP contribution in [0.1, 0.15) is 37.4 Å². The zero-order valence-electron chi connectivity index (χ0n) is 18.3. The number of aromatic amines is 1. The van der Waals surface area contributed by atoms with E-state index >= 15 is 0 Å². The Balaban J connectivity index is 1.17. The Kier molecular flexibility index (Phi) is 5.92. The molecule has 0 radical (unpaired) electrons. The molecule has 1 N–H and O–H groups in total. The van der Waals surface area contributed by atoms with Crippen LogP contribution in [0.3, 0.4) is 0 Å². The van der Waals surface area contributed by atoms with E-state index < -0.39 is 15.8 Å². The molecule has 3 heterocycles. The number of likely N-dealkylation sites (tertiary alicyclic amines) is 1. The van der Waals surface area contributed by atoms with Crippen LogP contribution in [0.4, 0.5) is 4.39 Å². The topological polar surface area (TPSA) is 86.4 Å². The van der Waals surface area contributed by atoms with Gasteiger partial charge in [0.2, 0.25) is 15.9 Å². The highest BCUT2D eigenvalue weighted by Crippen LogP contribution is 2.31. The van der Waals surface area contributed by atoms with Crippen LogP contribution in [0.2, 0.25) is 0 Å². The first-order valence-corrected chi connectivity index (χ1v) is 12.9. The number of imidazole rings is 1. The number of sulfonamides is 1. The van der Waals surface area contributed by atoms with Crippen molar-refractivity contribution in [2.75, 3.05) is 26.2 Å². The van der Waals surface area contributed by atoms with E-state index in [9.17, 15) is 17.6 Å². The number of piperidine rings is 2. The second kappa shape index (κ2) is 8.87. The highest BCUT2D eigenvalue weighted by atomic mass is 32.2. The number of rotatable bonds is 4. The third kappa shape index (κ3) is 4.27. The van der Waals surface area contributed by atoms with Gasteiger partial charge in [-0.3, -0.25) is 4.79 Å². The zero-order valence-corrected chi connectivity index (χ0v) is 19.1. The highest BCUT2D eigenvalue weighted by Gasteiger charge is 2.36. The normalized spacial score (nSPS) is 19.2. The van der Waals surface area contributed by atoms with Gasteiger partial charge in [-0.05, 0) is 49.9 Å². The Morgan fingerprint density at radius 1 is 0.939 bits per heavy atom. The standard InChI is InChI=1S/C24H27FN4O3S/c25-19-5-1-4-8-22(19)33(31,32)29-15-11-18(12-16-29)24(30)28-13-9-17(10-14-28)23-26-20-6-2-3-7-21(20)27-23/h1-8,17-18H,9-16H2,(H,26,27). The summed E-state index contributed by atoms with van der Waals surface area (Å²) in [6.07, 6.45) is 2.62. The molecule has 0 saturated carbocycles. The quantitative estimate of drug-likeness (QED) is 0.632. The maximum atomic E-state index is 14.0. The molecule has 0 bridgehead atoms. The number of halogens is 1. The number of benzene rings is 2. The number of carbonyl (C=O) groups excluding carboxylic acids is 1. The monoisotopic (exact) mass is 470 g/mol. The molecule has 2 aliphatic rings. The van der Waals surface area contributed by atoms with Gasteiger partial charge < -0.3 is 9.88 Å². The van der Waals surface area contributed by atoms with Crippen LogP contribution in [0, 0.1) is 11.7 Å². The van der Waals surface area contributed by atoms with Crippen molar-refractivity contribution in [1.82, 2.24) is 19.2 Å². The smallest absolute Gasteiger partial charge is 0.245 e. The van der Waals surface area contributed by atoms with Crippen molar-refractivity contribution < 1.29 is 17.6 Å². The molecule has 0 aliphatic carbocycles. The van der Waals surface area contributed by atoms with Crippen molar-refractivity contribution >= 4 is 27.0 Å². The van der Waals surface area contributed by atoms with E-state index in [4.69, 9.17) is 4.98 Å². The molecule has 2 saturated heterocycles. The summed E-state index contributed by atoms with van der Waals surface area (Å²) in [6.45, 7) is 1.80. The summed E-state index contributed by atoms with van der Waals surface area (Å²) in [5, 5.41) is 0. The largest absolute Gasteiger partial charge is 0.342 e. The van der Waals surface area contributed by atoms with Gasteiger partial charge >= 0.3 is 0 Å². The minimum absolute atomic E-state index is 0.0981. The van der Waals surface area contributed by atoms with Gasteiger partial charge in [-0.15, -0.1) is 0 Å². The number of H-pyrrole nitrogens is 1. The van der Waals surface area contributed by atoms with E-state index in [1.807, 2.05) is 29.2 Å². The van der Waals surface area contributed by atoms with Crippen LogP contribution >= 0.6 is 0 Å². The maximum absolute atomic E-state index is 14.0. The van der Waals surface area contributed by atoms with Crippen LogP contribution in [-0.4, -0.2) is 59.7 Å². The first-order chi connectivity index (χ1) is 15.9. The maximum Gasteiger partial charge on any atom is 0.245 e. The Morgan fingerprint density at radius 2 is 1.61 bits per heavy atom. The molecule has 2 aromatic carbocycles. The van der Waals surface area contributed by atoms with Crippen molar-refractivity contribution in [3.05, 3.63) is 60.2 Å². The number of nitrogens with one attached hydrogen (secondary N) is 1. The number of amides is 1. The predicted octanol–water partition coefficient (Wildman–Crippen LogP) is 3.51. The first-order valence-electron chi connectivity index (χ1n) is 11.4. The van der Waals surface area contributed by atoms with Crippen molar-refractivity contribution in [1.29, 1.82) is 0 Å². The number of fused-ring (bicyclic) bond motifs is 1. The molecule has 2 fully saturated rings. The lowest BCUT2D eigenvalue weighted by Crippen LogP contribution is -2.46. The molecule has 1 aromatic heterocycles. The second-order valence-electron chi connectivity index (χ2n) is 8.85. The summed E-state index contributed by atoms with van der Waals surface area (Å²) in [5.74, 6) is 0.438. The van der Waals surface area contributed by atoms with E-state index in [2.05, 4.69) is 4.98 Å². The molecule has 0 atom stereocenters. The summed E-state index contributed by atoms with van der Waals surface area (Å²) in [7, 11) is -3.89. The number of hydrogen-bond donors (Lipinski definition) is 1. The molecule has 9 heteroatoms. The third-order valence-electron chi connectivity index (χ3n) is 6.86. The van der Waals surface area contributed by atoms with Gasteiger partial charge in [0.05, 0.1) is 11.0 Å². The van der Waals surface area contributed by atoms with E-state index in [0.29, 0.717) is 31.8 Å². The van der Waals surface area contributed by atoms with E-state index in [0.717, 1.165) is 35.8 Å². The molecule has 33 heavy (non-hydrogen) atoms. The number of nitrogens with zero attached hydrogens (tertiary/aromatic N) is 3. The van der Waals surface area contributed by atoms with Crippen molar-refractivity contribution in [2.45, 2.75) is 36.5 Å². The molecule has 0 unspecified atom stereocenters. The lowest BCUT2D eigenvalue weighted by molar-refractivity contribution is -0.137. The molecular weight excluding hydrogens is 443 g/mol. The fourth-order valence-electron chi connectivity index (χ4n) is 4.93. The predicted molar refractivity (Wildman–Crippen MR) is 123 cm³/mol. The Labute approximate surface area is 192 Å². The molecule has 7 nitrogen and oxygen atoms in total. The molecule has 5 rings (SSSR count). The molecule has 174 valence electrons. The Bertz CT molecular complexity index is 1230. The fraction of sp³-hybridized carbons (Fsp3) is 0.417. The molecule has 3 aromatic rings. The second-order valence-corrected chi connectivity index (χ2v) is 10.8. The average Bonchev–Trinajstić information content (AvgIpc) is 3.28. The summed E-state index contributed by atoms with van der Waals surface area (Å²) in [5.41, 5.74) is 1.99.